The lowest BCUT2D eigenvalue weighted by Gasteiger charge is -2.38. The summed E-state index contributed by atoms with van der Waals surface area (Å²) in [6, 6.07) is 12.9. The molecule has 0 bridgehead atoms. The summed E-state index contributed by atoms with van der Waals surface area (Å²) in [6.07, 6.45) is 2.99. The van der Waals surface area contributed by atoms with Gasteiger partial charge in [-0.2, -0.15) is 5.26 Å². The Balaban J connectivity index is 1.86. The van der Waals surface area contributed by atoms with Crippen molar-refractivity contribution in [3.8, 4) is 6.07 Å². The largest absolute Gasteiger partial charge is 0.299 e. The van der Waals surface area contributed by atoms with Gasteiger partial charge in [0.1, 0.15) is 0 Å². The smallest absolute Gasteiger partial charge is 0.0627 e. The maximum absolute atomic E-state index is 8.82. The van der Waals surface area contributed by atoms with Gasteiger partial charge in [-0.15, -0.1) is 0 Å². The zero-order valence-electron chi connectivity index (χ0n) is 10.5. The first-order chi connectivity index (χ1) is 8.22. The number of hydrogen-bond acceptors (Lipinski definition) is 2. The molecule has 2 nitrogen and oxygen atoms in total. The zero-order valence-corrected chi connectivity index (χ0v) is 10.5. The molecule has 1 aliphatic heterocycles. The number of likely N-dealkylation sites (tertiary alicyclic amines) is 1. The van der Waals surface area contributed by atoms with Crippen LogP contribution in [0.25, 0.3) is 0 Å². The molecule has 1 aromatic rings. The van der Waals surface area contributed by atoms with Crippen molar-refractivity contribution in [2.75, 3.05) is 13.1 Å². The first-order valence-corrected chi connectivity index (χ1v) is 6.35. The molecular formula is C15H20N2. The topological polar surface area (TPSA) is 27.0 Å². The molecule has 0 amide bonds. The van der Waals surface area contributed by atoms with Crippen LogP contribution in [0.5, 0.6) is 0 Å². The van der Waals surface area contributed by atoms with Crippen LogP contribution in [0.4, 0.5) is 0 Å². The molecule has 2 rings (SSSR count). The Morgan fingerprint density at radius 2 is 1.88 bits per heavy atom. The van der Waals surface area contributed by atoms with Crippen LogP contribution in [-0.2, 0) is 6.54 Å². The Morgan fingerprint density at radius 1 is 1.24 bits per heavy atom. The van der Waals surface area contributed by atoms with Crippen LogP contribution in [0.3, 0.4) is 0 Å². The quantitative estimate of drug-likeness (QED) is 0.794. The molecule has 2 heteroatoms. The fraction of sp³-hybridized carbons (Fsp3) is 0.533. The minimum absolute atomic E-state index is 0.252. The van der Waals surface area contributed by atoms with Gasteiger partial charge in [0.05, 0.1) is 6.07 Å². The van der Waals surface area contributed by atoms with Gasteiger partial charge >= 0.3 is 0 Å². The highest BCUT2D eigenvalue weighted by molar-refractivity contribution is 5.14. The molecule has 0 saturated carbocycles. The van der Waals surface area contributed by atoms with E-state index in [1.54, 1.807) is 0 Å². The van der Waals surface area contributed by atoms with Crippen LogP contribution in [0.2, 0.25) is 0 Å². The van der Waals surface area contributed by atoms with Gasteiger partial charge < -0.3 is 0 Å². The molecule has 0 aromatic heterocycles. The van der Waals surface area contributed by atoms with E-state index in [4.69, 9.17) is 5.26 Å². The lowest BCUT2D eigenvalue weighted by atomic mass is 9.78. The van der Waals surface area contributed by atoms with Gasteiger partial charge in [0, 0.05) is 13.0 Å². The number of benzene rings is 1. The van der Waals surface area contributed by atoms with Gasteiger partial charge in [-0.3, -0.25) is 4.90 Å². The lowest BCUT2D eigenvalue weighted by Crippen LogP contribution is -2.38. The predicted octanol–water partition coefficient (Wildman–Crippen LogP) is 3.20. The predicted molar refractivity (Wildman–Crippen MR) is 69.3 cm³/mol. The Morgan fingerprint density at radius 3 is 2.47 bits per heavy atom. The molecule has 1 aromatic carbocycles. The second-order valence-electron chi connectivity index (χ2n) is 5.41. The fourth-order valence-corrected chi connectivity index (χ4v) is 2.46. The summed E-state index contributed by atoms with van der Waals surface area (Å²) < 4.78 is 0. The molecule has 1 aliphatic rings. The monoisotopic (exact) mass is 228 g/mol. The fourth-order valence-electron chi connectivity index (χ4n) is 2.46. The number of piperidine rings is 1. The molecule has 0 radical (unpaired) electrons. The van der Waals surface area contributed by atoms with Crippen molar-refractivity contribution in [3.05, 3.63) is 35.9 Å². The highest BCUT2D eigenvalue weighted by Crippen LogP contribution is 2.34. The number of nitriles is 1. The van der Waals surface area contributed by atoms with Crippen molar-refractivity contribution in [1.82, 2.24) is 4.90 Å². The number of hydrogen-bond donors (Lipinski definition) is 0. The molecule has 17 heavy (non-hydrogen) atoms. The van der Waals surface area contributed by atoms with Crippen LogP contribution in [0.1, 0.15) is 31.7 Å². The summed E-state index contributed by atoms with van der Waals surface area (Å²) in [5.41, 5.74) is 1.64. The van der Waals surface area contributed by atoms with Gasteiger partial charge in [0.2, 0.25) is 0 Å². The minimum Gasteiger partial charge on any atom is -0.299 e. The summed E-state index contributed by atoms with van der Waals surface area (Å²) in [4.78, 5) is 2.49. The van der Waals surface area contributed by atoms with E-state index in [0.29, 0.717) is 6.42 Å². The van der Waals surface area contributed by atoms with Gasteiger partial charge in [0.25, 0.3) is 0 Å². The first-order valence-electron chi connectivity index (χ1n) is 6.35. The van der Waals surface area contributed by atoms with E-state index in [1.807, 2.05) is 0 Å². The van der Waals surface area contributed by atoms with E-state index in [0.717, 1.165) is 32.5 Å². The van der Waals surface area contributed by atoms with Crippen molar-refractivity contribution in [2.24, 2.45) is 5.41 Å². The van der Waals surface area contributed by atoms with E-state index in [1.165, 1.54) is 5.56 Å². The normalized spacial score (nSPS) is 19.8. The van der Waals surface area contributed by atoms with Crippen LogP contribution >= 0.6 is 0 Å². The molecule has 0 spiro atoms. The number of nitrogens with zero attached hydrogens (tertiary/aromatic N) is 2. The summed E-state index contributed by atoms with van der Waals surface area (Å²) in [6.45, 7) is 5.53. The summed E-state index contributed by atoms with van der Waals surface area (Å²) >= 11 is 0. The van der Waals surface area contributed by atoms with Crippen LogP contribution in [0, 0.1) is 16.7 Å². The third-order valence-corrected chi connectivity index (χ3v) is 3.82. The summed E-state index contributed by atoms with van der Waals surface area (Å²) in [7, 11) is 0. The Labute approximate surface area is 104 Å². The number of rotatable bonds is 3. The lowest BCUT2D eigenvalue weighted by molar-refractivity contribution is 0.116. The van der Waals surface area contributed by atoms with Crippen molar-refractivity contribution in [2.45, 2.75) is 32.7 Å². The molecule has 1 saturated heterocycles. The Hall–Kier alpha value is -1.33. The second kappa shape index (κ2) is 5.33. The van der Waals surface area contributed by atoms with Crippen molar-refractivity contribution in [1.29, 1.82) is 5.26 Å². The maximum Gasteiger partial charge on any atom is 0.0627 e. The Kier molecular flexibility index (Phi) is 3.81. The van der Waals surface area contributed by atoms with E-state index < -0.39 is 0 Å². The van der Waals surface area contributed by atoms with Gasteiger partial charge in [-0.1, -0.05) is 37.3 Å². The third kappa shape index (κ3) is 3.31. The molecule has 0 aliphatic carbocycles. The first kappa shape index (κ1) is 12.1. The molecular weight excluding hydrogens is 208 g/mol. The highest BCUT2D eigenvalue weighted by Gasteiger charge is 2.29. The highest BCUT2D eigenvalue weighted by atomic mass is 15.1. The summed E-state index contributed by atoms with van der Waals surface area (Å²) in [5, 5.41) is 8.82. The zero-order chi connectivity index (χ0) is 12.1. The average Bonchev–Trinajstić information content (AvgIpc) is 2.34. The van der Waals surface area contributed by atoms with Gasteiger partial charge in [-0.05, 0) is 36.9 Å². The maximum atomic E-state index is 8.82. The minimum atomic E-state index is 0.252. The van der Waals surface area contributed by atoms with Crippen LogP contribution < -0.4 is 0 Å². The van der Waals surface area contributed by atoms with Crippen LogP contribution in [-0.4, -0.2) is 18.0 Å². The molecule has 0 atom stereocenters. The molecule has 0 unspecified atom stereocenters. The van der Waals surface area contributed by atoms with Crippen molar-refractivity contribution < 1.29 is 0 Å². The standard InChI is InChI=1S/C15H20N2/c1-15(7-10-16)8-11-17(12-9-15)13-14-5-3-2-4-6-14/h2-6H,7-9,11-13H2,1H3. The van der Waals surface area contributed by atoms with E-state index >= 15 is 0 Å². The van der Waals surface area contributed by atoms with Crippen LogP contribution in [0.15, 0.2) is 30.3 Å². The average molecular weight is 228 g/mol. The van der Waals surface area contributed by atoms with Gasteiger partial charge in [-0.25, -0.2) is 0 Å². The van der Waals surface area contributed by atoms with Crippen molar-refractivity contribution >= 4 is 0 Å². The SMILES string of the molecule is CC1(CC#N)CCN(Cc2ccccc2)CC1. The van der Waals surface area contributed by atoms with Gasteiger partial charge in [0.15, 0.2) is 0 Å². The second-order valence-corrected chi connectivity index (χ2v) is 5.41. The molecule has 90 valence electrons. The van der Waals surface area contributed by atoms with E-state index in [9.17, 15) is 0 Å². The summed E-state index contributed by atoms with van der Waals surface area (Å²) in [5.74, 6) is 0. The van der Waals surface area contributed by atoms with Crippen molar-refractivity contribution in [3.63, 3.8) is 0 Å². The van der Waals surface area contributed by atoms with E-state index in [-0.39, 0.29) is 5.41 Å². The molecule has 1 heterocycles. The Bertz CT molecular complexity index is 383. The molecule has 0 N–H and O–H groups in total. The third-order valence-electron chi connectivity index (χ3n) is 3.82. The van der Waals surface area contributed by atoms with E-state index in [2.05, 4.69) is 48.2 Å². The molecule has 1 fully saturated rings.